The quantitative estimate of drug-likeness (QED) is 0.267. The number of carbonyl (C=O) groups excluding carboxylic acids is 1. The summed E-state index contributed by atoms with van der Waals surface area (Å²) in [6.07, 6.45) is 3.68. The monoisotopic (exact) mass is 585 g/mol. The number of anilines is 2. The number of para-hydroxylation sites is 1. The van der Waals surface area contributed by atoms with Crippen molar-refractivity contribution in [3.8, 4) is 10.4 Å². The Labute approximate surface area is 251 Å². The number of esters is 1. The molecule has 2 aliphatic heterocycles. The molecule has 3 aromatic heterocycles. The Morgan fingerprint density at radius 3 is 2.62 bits per heavy atom. The number of benzene rings is 1. The lowest BCUT2D eigenvalue weighted by Crippen LogP contribution is -2.56. The van der Waals surface area contributed by atoms with Crippen LogP contribution in [-0.4, -0.2) is 66.4 Å². The smallest absolute Gasteiger partial charge is 0.325 e. The molecule has 2 unspecified atom stereocenters. The van der Waals surface area contributed by atoms with Gasteiger partial charge < -0.3 is 24.3 Å². The number of methoxy groups -OCH3 is 1. The highest BCUT2D eigenvalue weighted by Crippen LogP contribution is 2.44. The molecular formula is C33H39N5O3S. The molecular weight excluding hydrogens is 546 g/mol. The van der Waals surface area contributed by atoms with Crippen LogP contribution in [0.1, 0.15) is 29.8 Å². The number of piperazine rings is 1. The Balaban J connectivity index is 1.33. The van der Waals surface area contributed by atoms with Crippen molar-refractivity contribution in [2.75, 3.05) is 50.1 Å². The highest BCUT2D eigenvalue weighted by atomic mass is 32.1. The minimum atomic E-state index is -0.840. The lowest BCUT2D eigenvalue weighted by molar-refractivity contribution is -0.141. The lowest BCUT2D eigenvalue weighted by Gasteiger charge is -2.48. The summed E-state index contributed by atoms with van der Waals surface area (Å²) >= 11 is 1.69. The number of thiophene rings is 1. The van der Waals surface area contributed by atoms with Gasteiger partial charge in [0.1, 0.15) is 12.4 Å². The fraction of sp³-hybridized carbons (Fsp3) is 0.394. The van der Waals surface area contributed by atoms with E-state index in [9.17, 15) is 4.79 Å². The van der Waals surface area contributed by atoms with E-state index >= 15 is 0 Å². The number of rotatable bonds is 8. The van der Waals surface area contributed by atoms with Crippen molar-refractivity contribution in [3.05, 3.63) is 89.2 Å². The van der Waals surface area contributed by atoms with Gasteiger partial charge in [-0.3, -0.25) is 9.69 Å². The first-order valence-electron chi connectivity index (χ1n) is 14.7. The molecule has 0 bridgehead atoms. The van der Waals surface area contributed by atoms with E-state index in [-0.39, 0.29) is 12.5 Å². The predicted molar refractivity (Wildman–Crippen MR) is 168 cm³/mol. The van der Waals surface area contributed by atoms with Gasteiger partial charge in [-0.15, -0.1) is 11.3 Å². The fourth-order valence-electron chi connectivity index (χ4n) is 6.43. The summed E-state index contributed by atoms with van der Waals surface area (Å²) in [5, 5.41) is 5.90. The van der Waals surface area contributed by atoms with Gasteiger partial charge in [0.05, 0.1) is 19.4 Å². The summed E-state index contributed by atoms with van der Waals surface area (Å²) in [7, 11) is 1.43. The van der Waals surface area contributed by atoms with Gasteiger partial charge in [-0.05, 0) is 67.6 Å². The molecule has 5 heterocycles. The molecule has 2 aliphatic rings. The van der Waals surface area contributed by atoms with Crippen molar-refractivity contribution in [2.45, 2.75) is 45.0 Å². The van der Waals surface area contributed by atoms with Crippen LogP contribution in [0.15, 0.2) is 72.2 Å². The third-order valence-corrected chi connectivity index (χ3v) is 9.24. The maximum absolute atomic E-state index is 12.6. The van der Waals surface area contributed by atoms with Crippen LogP contribution in [0.3, 0.4) is 0 Å². The van der Waals surface area contributed by atoms with Crippen LogP contribution in [-0.2, 0) is 26.5 Å². The first kappa shape index (κ1) is 28.5. The van der Waals surface area contributed by atoms with Crippen molar-refractivity contribution in [1.82, 2.24) is 14.5 Å². The molecule has 220 valence electrons. The number of carbonyl (C=O) groups is 1. The molecule has 0 amide bonds. The number of ether oxygens (including phenoxy) is 2. The number of nitrogens with zero attached hydrogens (tertiary/aromatic N) is 4. The SMILES string of the molecule is COC(=O)Cn1ccc(-c2cccs2)c1C1(Nc2ccccc2)CC(N2CCN(c3cc(C)cc(C)n3)CC2)CCO1. The van der Waals surface area contributed by atoms with Crippen LogP contribution >= 0.6 is 11.3 Å². The van der Waals surface area contributed by atoms with Crippen molar-refractivity contribution >= 4 is 28.8 Å². The largest absolute Gasteiger partial charge is 0.468 e. The van der Waals surface area contributed by atoms with E-state index in [1.807, 2.05) is 29.0 Å². The Morgan fingerprint density at radius 2 is 1.90 bits per heavy atom. The van der Waals surface area contributed by atoms with Gasteiger partial charge in [0.2, 0.25) is 0 Å². The first-order chi connectivity index (χ1) is 20.4. The molecule has 6 rings (SSSR count). The Morgan fingerprint density at radius 1 is 1.10 bits per heavy atom. The summed E-state index contributed by atoms with van der Waals surface area (Å²) < 4.78 is 13.9. The second-order valence-electron chi connectivity index (χ2n) is 11.2. The normalized spacial score (nSPS) is 21.3. The molecule has 0 saturated carbocycles. The minimum absolute atomic E-state index is 0.116. The molecule has 2 fully saturated rings. The molecule has 0 radical (unpaired) electrons. The molecule has 42 heavy (non-hydrogen) atoms. The maximum Gasteiger partial charge on any atom is 0.325 e. The van der Waals surface area contributed by atoms with E-state index < -0.39 is 5.72 Å². The van der Waals surface area contributed by atoms with Gasteiger partial charge in [-0.25, -0.2) is 4.98 Å². The number of pyridine rings is 1. The Kier molecular flexibility index (Phi) is 8.33. The third-order valence-electron chi connectivity index (χ3n) is 8.34. The molecule has 1 N–H and O–H groups in total. The van der Waals surface area contributed by atoms with E-state index in [1.165, 1.54) is 12.7 Å². The Hall–Kier alpha value is -3.66. The number of hydrogen-bond acceptors (Lipinski definition) is 8. The van der Waals surface area contributed by atoms with Crippen LogP contribution in [0.2, 0.25) is 0 Å². The lowest BCUT2D eigenvalue weighted by atomic mass is 9.90. The second-order valence-corrected chi connectivity index (χ2v) is 12.2. The summed E-state index contributed by atoms with van der Waals surface area (Å²) in [4.78, 5) is 23.5. The summed E-state index contributed by atoms with van der Waals surface area (Å²) in [6, 6.07) is 21.1. The highest BCUT2D eigenvalue weighted by molar-refractivity contribution is 7.13. The van der Waals surface area contributed by atoms with E-state index in [0.29, 0.717) is 12.6 Å². The van der Waals surface area contributed by atoms with E-state index in [2.05, 4.69) is 76.8 Å². The van der Waals surface area contributed by atoms with Gasteiger partial charge in [0.25, 0.3) is 0 Å². The average molecular weight is 586 g/mol. The van der Waals surface area contributed by atoms with Crippen molar-refractivity contribution < 1.29 is 14.3 Å². The molecule has 0 spiro atoms. The first-order valence-corrected chi connectivity index (χ1v) is 15.5. The number of aryl methyl sites for hydroxylation is 2. The highest BCUT2D eigenvalue weighted by Gasteiger charge is 2.45. The molecule has 0 aliphatic carbocycles. The van der Waals surface area contributed by atoms with Crippen LogP contribution in [0.5, 0.6) is 0 Å². The fourth-order valence-corrected chi connectivity index (χ4v) is 7.18. The van der Waals surface area contributed by atoms with Crippen molar-refractivity contribution in [3.63, 3.8) is 0 Å². The predicted octanol–water partition coefficient (Wildman–Crippen LogP) is 5.67. The van der Waals surface area contributed by atoms with Crippen LogP contribution in [0.25, 0.3) is 10.4 Å². The summed E-state index contributed by atoms with van der Waals surface area (Å²) in [5.74, 6) is 0.781. The maximum atomic E-state index is 12.6. The van der Waals surface area contributed by atoms with Gasteiger partial charge in [0, 0.05) is 66.7 Å². The van der Waals surface area contributed by atoms with Crippen molar-refractivity contribution in [1.29, 1.82) is 0 Å². The van der Waals surface area contributed by atoms with Gasteiger partial charge >= 0.3 is 5.97 Å². The third kappa shape index (κ3) is 5.95. The molecule has 8 nitrogen and oxygen atoms in total. The van der Waals surface area contributed by atoms with E-state index in [4.69, 9.17) is 14.5 Å². The molecule has 4 aromatic rings. The minimum Gasteiger partial charge on any atom is -0.468 e. The van der Waals surface area contributed by atoms with Crippen LogP contribution < -0.4 is 10.2 Å². The van der Waals surface area contributed by atoms with E-state index in [0.717, 1.165) is 72.4 Å². The number of hydrogen-bond donors (Lipinski definition) is 1. The number of aromatic nitrogens is 2. The average Bonchev–Trinajstić information content (AvgIpc) is 3.68. The molecule has 9 heteroatoms. The standard InChI is InChI=1S/C33H39N5O3S/c1-24-20-25(2)34-30(21-24)37-16-14-36(15-17-37)27-12-18-41-33(22-27,35-26-8-5-4-6-9-26)32-28(29-10-7-19-42-29)11-13-38(32)23-31(39)40-3/h4-11,13,19-21,27,35H,12,14-18,22-23H2,1-3H3. The molecule has 2 saturated heterocycles. The zero-order chi connectivity index (χ0) is 29.1. The molecule has 2 atom stereocenters. The summed E-state index contributed by atoms with van der Waals surface area (Å²) in [6.45, 7) is 8.72. The van der Waals surface area contributed by atoms with Crippen LogP contribution in [0, 0.1) is 13.8 Å². The number of nitrogens with one attached hydrogen (secondary N) is 1. The molecule has 1 aromatic carbocycles. The summed E-state index contributed by atoms with van der Waals surface area (Å²) in [5.41, 5.74) is 4.48. The topological polar surface area (TPSA) is 71.9 Å². The van der Waals surface area contributed by atoms with Gasteiger partial charge in [0.15, 0.2) is 5.72 Å². The van der Waals surface area contributed by atoms with Crippen molar-refractivity contribution in [2.24, 2.45) is 0 Å². The second kappa shape index (κ2) is 12.3. The van der Waals surface area contributed by atoms with E-state index in [1.54, 1.807) is 11.3 Å². The Bertz CT molecular complexity index is 1480. The van der Waals surface area contributed by atoms with Crippen LogP contribution in [0.4, 0.5) is 11.5 Å². The zero-order valence-corrected chi connectivity index (χ0v) is 25.4. The van der Waals surface area contributed by atoms with Gasteiger partial charge in [-0.2, -0.15) is 0 Å². The van der Waals surface area contributed by atoms with Gasteiger partial charge in [-0.1, -0.05) is 24.3 Å². The zero-order valence-electron chi connectivity index (χ0n) is 24.6.